The van der Waals surface area contributed by atoms with Crippen molar-refractivity contribution in [1.29, 1.82) is 0 Å². The highest BCUT2D eigenvalue weighted by Crippen LogP contribution is 2.21. The average molecular weight is 194 g/mol. The van der Waals surface area contributed by atoms with Crippen LogP contribution in [-0.4, -0.2) is 42.5 Å². The first-order chi connectivity index (χ1) is 6.84. The van der Waals surface area contributed by atoms with E-state index in [9.17, 15) is 0 Å². The lowest BCUT2D eigenvalue weighted by atomic mass is 9.94. The molecule has 0 aromatic rings. The Balaban J connectivity index is 1.60. The maximum absolute atomic E-state index is 5.74. The Labute approximate surface area is 88.3 Å². The van der Waals surface area contributed by atoms with Gasteiger partial charge in [0.1, 0.15) is 0 Å². The Kier molecular flexibility index (Phi) is 3.82. The van der Waals surface area contributed by atoms with Crippen molar-refractivity contribution in [2.75, 3.05) is 32.7 Å². The molecular formula is C12H22N2. The van der Waals surface area contributed by atoms with Crippen molar-refractivity contribution in [3.8, 4) is 0 Å². The van der Waals surface area contributed by atoms with Crippen molar-refractivity contribution < 1.29 is 0 Å². The molecule has 0 aromatic carbocycles. The number of likely N-dealkylation sites (tertiary alicyclic amines) is 2. The molecule has 0 spiro atoms. The summed E-state index contributed by atoms with van der Waals surface area (Å²) in [5, 5.41) is 0. The third-order valence-electron chi connectivity index (χ3n) is 3.70. The summed E-state index contributed by atoms with van der Waals surface area (Å²) < 4.78 is 0. The van der Waals surface area contributed by atoms with Gasteiger partial charge in [-0.15, -0.1) is 0 Å². The lowest BCUT2D eigenvalue weighted by molar-refractivity contribution is 0.210. The largest absolute Gasteiger partial charge is 0.303 e. The van der Waals surface area contributed by atoms with Crippen LogP contribution < -0.4 is 0 Å². The second kappa shape index (κ2) is 5.13. The highest BCUT2D eigenvalue weighted by Gasteiger charge is 2.18. The fourth-order valence-electron chi connectivity index (χ4n) is 2.61. The van der Waals surface area contributed by atoms with Gasteiger partial charge >= 0.3 is 0 Å². The first-order valence-corrected chi connectivity index (χ1v) is 6.06. The van der Waals surface area contributed by atoms with Gasteiger partial charge in [-0.25, -0.2) is 0 Å². The van der Waals surface area contributed by atoms with E-state index >= 15 is 0 Å². The molecule has 0 N–H and O–H groups in total. The molecule has 2 saturated heterocycles. The van der Waals surface area contributed by atoms with Crippen LogP contribution in [0.25, 0.3) is 0 Å². The summed E-state index contributed by atoms with van der Waals surface area (Å²) in [7, 11) is 5.74. The molecule has 2 rings (SSSR count). The summed E-state index contributed by atoms with van der Waals surface area (Å²) in [6.45, 7) is 6.22. The number of nitrogens with zero attached hydrogens (tertiary/aromatic N) is 2. The van der Waals surface area contributed by atoms with Crippen LogP contribution in [0.15, 0.2) is 0 Å². The van der Waals surface area contributed by atoms with Gasteiger partial charge in [-0.1, -0.05) is 0 Å². The summed E-state index contributed by atoms with van der Waals surface area (Å²) in [5.41, 5.74) is 0. The van der Waals surface area contributed by atoms with Crippen LogP contribution in [0.5, 0.6) is 0 Å². The van der Waals surface area contributed by atoms with Crippen LogP contribution in [0.2, 0.25) is 0 Å². The molecule has 2 aliphatic rings. The van der Waals surface area contributed by atoms with Crippen LogP contribution in [0.4, 0.5) is 0 Å². The summed E-state index contributed by atoms with van der Waals surface area (Å²) >= 11 is 0. The quantitative estimate of drug-likeness (QED) is 0.676. The number of hydrogen-bond donors (Lipinski definition) is 0. The molecule has 0 saturated carbocycles. The van der Waals surface area contributed by atoms with E-state index in [0.717, 1.165) is 19.0 Å². The fourth-order valence-corrected chi connectivity index (χ4v) is 2.61. The Hall–Kier alpha value is -0.0800. The average Bonchev–Trinajstić information content (AvgIpc) is 2.70. The number of hydrogen-bond acceptors (Lipinski definition) is 2. The Bertz CT molecular complexity index is 156. The molecule has 0 unspecified atom stereocenters. The zero-order chi connectivity index (χ0) is 9.80. The fraction of sp³-hybridized carbons (Fsp3) is 0.917. The lowest BCUT2D eigenvalue weighted by Crippen LogP contribution is -2.31. The monoisotopic (exact) mass is 194 g/mol. The third-order valence-corrected chi connectivity index (χ3v) is 3.70. The van der Waals surface area contributed by atoms with Gasteiger partial charge in [-0.3, -0.25) is 4.90 Å². The van der Waals surface area contributed by atoms with Gasteiger partial charge in [-0.2, -0.15) is 0 Å². The molecule has 2 nitrogen and oxygen atoms in total. The maximum Gasteiger partial charge on any atom is 0.0438 e. The molecule has 0 aromatic heterocycles. The van der Waals surface area contributed by atoms with Crippen LogP contribution >= 0.6 is 0 Å². The number of rotatable bonds is 3. The van der Waals surface area contributed by atoms with E-state index in [1.807, 2.05) is 4.90 Å². The van der Waals surface area contributed by atoms with Crippen molar-refractivity contribution in [1.82, 2.24) is 9.80 Å². The summed E-state index contributed by atoms with van der Waals surface area (Å²) in [5.74, 6) is 0.940. The van der Waals surface area contributed by atoms with Crippen molar-refractivity contribution in [2.45, 2.75) is 32.1 Å². The Morgan fingerprint density at radius 1 is 1.00 bits per heavy atom. The standard InChI is InChI=1S/C12H22N2/c1-13-9-4-12(5-10-13)6-11-14-7-2-3-8-14/h1,12H,2-11H2. The van der Waals surface area contributed by atoms with E-state index in [4.69, 9.17) is 7.05 Å². The van der Waals surface area contributed by atoms with E-state index in [2.05, 4.69) is 4.90 Å². The van der Waals surface area contributed by atoms with Crippen LogP contribution in [0.1, 0.15) is 32.1 Å². The SMILES string of the molecule is [CH]N1CCC(CCN2CCCC2)CC1. The first-order valence-electron chi connectivity index (χ1n) is 6.06. The smallest absolute Gasteiger partial charge is 0.0438 e. The minimum Gasteiger partial charge on any atom is -0.303 e. The van der Waals surface area contributed by atoms with Crippen molar-refractivity contribution in [3.05, 3.63) is 7.05 Å². The van der Waals surface area contributed by atoms with Gasteiger partial charge in [0, 0.05) is 7.05 Å². The summed E-state index contributed by atoms with van der Waals surface area (Å²) in [6, 6.07) is 0. The Morgan fingerprint density at radius 2 is 1.64 bits per heavy atom. The zero-order valence-electron chi connectivity index (χ0n) is 9.12. The highest BCUT2D eigenvalue weighted by atomic mass is 15.1. The first kappa shape index (κ1) is 10.4. The minimum absolute atomic E-state index is 0.940. The van der Waals surface area contributed by atoms with E-state index in [1.165, 1.54) is 51.7 Å². The van der Waals surface area contributed by atoms with Gasteiger partial charge in [0.25, 0.3) is 0 Å². The molecular weight excluding hydrogens is 172 g/mol. The van der Waals surface area contributed by atoms with Gasteiger partial charge in [0.05, 0.1) is 0 Å². The van der Waals surface area contributed by atoms with Gasteiger partial charge in [0.2, 0.25) is 0 Å². The minimum atomic E-state index is 0.940. The molecule has 2 fully saturated rings. The summed E-state index contributed by atoms with van der Waals surface area (Å²) in [6.07, 6.45) is 6.85. The Morgan fingerprint density at radius 3 is 2.29 bits per heavy atom. The molecule has 2 aliphatic heterocycles. The molecule has 14 heavy (non-hydrogen) atoms. The molecule has 0 amide bonds. The van der Waals surface area contributed by atoms with E-state index in [0.29, 0.717) is 0 Å². The van der Waals surface area contributed by atoms with E-state index in [1.54, 1.807) is 0 Å². The molecule has 80 valence electrons. The maximum atomic E-state index is 5.74. The topological polar surface area (TPSA) is 6.48 Å². The molecule has 2 heterocycles. The molecule has 2 radical (unpaired) electrons. The molecule has 2 heteroatoms. The van der Waals surface area contributed by atoms with E-state index < -0.39 is 0 Å². The van der Waals surface area contributed by atoms with Crippen molar-refractivity contribution in [2.24, 2.45) is 5.92 Å². The molecule has 0 aliphatic carbocycles. The lowest BCUT2D eigenvalue weighted by Gasteiger charge is -2.29. The second-order valence-electron chi connectivity index (χ2n) is 4.82. The van der Waals surface area contributed by atoms with Crippen LogP contribution in [-0.2, 0) is 0 Å². The predicted molar refractivity (Wildman–Crippen MR) is 58.9 cm³/mol. The van der Waals surface area contributed by atoms with E-state index in [-0.39, 0.29) is 0 Å². The molecule has 0 bridgehead atoms. The van der Waals surface area contributed by atoms with Gasteiger partial charge in [-0.05, 0) is 70.7 Å². The number of piperidine rings is 1. The highest BCUT2D eigenvalue weighted by molar-refractivity contribution is 4.74. The zero-order valence-corrected chi connectivity index (χ0v) is 9.12. The van der Waals surface area contributed by atoms with Crippen LogP contribution in [0, 0.1) is 13.0 Å². The second-order valence-corrected chi connectivity index (χ2v) is 4.82. The van der Waals surface area contributed by atoms with Crippen molar-refractivity contribution >= 4 is 0 Å². The van der Waals surface area contributed by atoms with Crippen LogP contribution in [0.3, 0.4) is 0 Å². The van der Waals surface area contributed by atoms with Gasteiger partial charge in [0.15, 0.2) is 0 Å². The summed E-state index contributed by atoms with van der Waals surface area (Å²) in [4.78, 5) is 4.58. The predicted octanol–water partition coefficient (Wildman–Crippen LogP) is 1.85. The normalized spacial score (nSPS) is 27.2. The molecule has 0 atom stereocenters. The third kappa shape index (κ3) is 2.96. The van der Waals surface area contributed by atoms with Gasteiger partial charge < -0.3 is 4.90 Å². The van der Waals surface area contributed by atoms with Crippen molar-refractivity contribution in [3.63, 3.8) is 0 Å².